The summed E-state index contributed by atoms with van der Waals surface area (Å²) in [5.74, 6) is -1.20. The maximum absolute atomic E-state index is 12.6. The molecule has 1 aromatic heterocycles. The Morgan fingerprint density at radius 2 is 1.79 bits per heavy atom. The number of hydrogen-bond acceptors (Lipinski definition) is 4. The molecular weight excluding hydrogens is 308 g/mol. The Balaban J connectivity index is 2.17. The monoisotopic (exact) mass is 332 g/mol. The molecule has 0 atom stereocenters. The van der Waals surface area contributed by atoms with E-state index in [1.165, 1.54) is 0 Å². The van der Waals surface area contributed by atoms with E-state index in [2.05, 4.69) is 5.32 Å². The average molecular weight is 332 g/mol. The summed E-state index contributed by atoms with van der Waals surface area (Å²) in [6.45, 7) is 6.60. The molecule has 2 rings (SSSR count). The molecule has 1 heterocycles. The number of para-hydroxylation sites is 1. The summed E-state index contributed by atoms with van der Waals surface area (Å²) in [7, 11) is 1.88. The summed E-state index contributed by atoms with van der Waals surface area (Å²) < 4.78 is 12.6. The number of aryl methyl sites for hydroxylation is 1. The summed E-state index contributed by atoms with van der Waals surface area (Å²) in [4.78, 5) is 24.9. The zero-order valence-corrected chi connectivity index (χ0v) is 14.6. The van der Waals surface area contributed by atoms with Crippen molar-refractivity contribution in [2.45, 2.75) is 27.1 Å². The second-order valence-corrected chi connectivity index (χ2v) is 5.42. The van der Waals surface area contributed by atoms with Gasteiger partial charge in [-0.15, -0.1) is 0 Å². The zero-order chi connectivity index (χ0) is 17.7. The van der Waals surface area contributed by atoms with Gasteiger partial charge < -0.3 is 19.4 Å². The van der Waals surface area contributed by atoms with Gasteiger partial charge in [0.25, 0.3) is 11.7 Å². The Hall–Kier alpha value is -2.18. The maximum atomic E-state index is 12.6. The van der Waals surface area contributed by atoms with Crippen LogP contribution in [-0.4, -0.2) is 42.3 Å². The lowest BCUT2D eigenvalue weighted by atomic mass is 10.1. The highest BCUT2D eigenvalue weighted by molar-refractivity contribution is 6.45. The van der Waals surface area contributed by atoms with E-state index in [-0.39, 0.29) is 6.54 Å². The minimum Gasteiger partial charge on any atom is -0.351 e. The number of amides is 1. The van der Waals surface area contributed by atoms with Crippen molar-refractivity contribution >= 4 is 22.6 Å². The number of Topliss-reactive ketones (excluding diaryl/α,β-unsaturated/α-hetero) is 1. The van der Waals surface area contributed by atoms with Crippen molar-refractivity contribution in [2.75, 3.05) is 19.8 Å². The quantitative estimate of drug-likeness (QED) is 0.457. The number of nitrogens with one attached hydrogen (secondary N) is 1. The number of ketones is 1. The van der Waals surface area contributed by atoms with Gasteiger partial charge >= 0.3 is 0 Å². The van der Waals surface area contributed by atoms with Gasteiger partial charge in [-0.2, -0.15) is 0 Å². The van der Waals surface area contributed by atoms with Gasteiger partial charge in [0, 0.05) is 36.9 Å². The fraction of sp³-hybridized carbons (Fsp3) is 0.444. The number of aromatic nitrogens is 1. The molecule has 0 saturated heterocycles. The molecule has 0 saturated carbocycles. The molecule has 0 bridgehead atoms. The average Bonchev–Trinajstić information content (AvgIpc) is 2.84. The Morgan fingerprint density at radius 3 is 2.42 bits per heavy atom. The molecule has 0 aliphatic carbocycles. The fourth-order valence-corrected chi connectivity index (χ4v) is 2.72. The van der Waals surface area contributed by atoms with Crippen LogP contribution in [0.1, 0.15) is 29.9 Å². The van der Waals surface area contributed by atoms with Crippen molar-refractivity contribution < 1.29 is 19.1 Å². The van der Waals surface area contributed by atoms with Gasteiger partial charge in [0.2, 0.25) is 0 Å². The van der Waals surface area contributed by atoms with Crippen LogP contribution < -0.4 is 5.32 Å². The highest BCUT2D eigenvalue weighted by Gasteiger charge is 2.24. The van der Waals surface area contributed by atoms with E-state index in [1.54, 1.807) is 0 Å². The zero-order valence-electron chi connectivity index (χ0n) is 14.6. The van der Waals surface area contributed by atoms with Crippen LogP contribution >= 0.6 is 0 Å². The maximum Gasteiger partial charge on any atom is 0.292 e. The standard InChI is InChI=1S/C18H24N2O4/c1-5-23-15(24-6-2)11-19-18(22)17(21)16-12(3)20(4)14-10-8-7-9-13(14)16/h7-10,15H,5-6,11H2,1-4H3,(H,19,22). The summed E-state index contributed by atoms with van der Waals surface area (Å²) in [6, 6.07) is 7.55. The molecule has 6 nitrogen and oxygen atoms in total. The second-order valence-electron chi connectivity index (χ2n) is 5.42. The van der Waals surface area contributed by atoms with E-state index in [0.29, 0.717) is 18.8 Å². The van der Waals surface area contributed by atoms with Crippen LogP contribution in [-0.2, 0) is 21.3 Å². The first-order chi connectivity index (χ1) is 11.5. The lowest BCUT2D eigenvalue weighted by Crippen LogP contribution is -2.39. The topological polar surface area (TPSA) is 69.6 Å². The number of benzene rings is 1. The molecule has 1 N–H and O–H groups in total. The normalized spacial score (nSPS) is 11.2. The van der Waals surface area contributed by atoms with Crippen LogP contribution in [0.4, 0.5) is 0 Å². The van der Waals surface area contributed by atoms with Crippen molar-refractivity contribution in [3.63, 3.8) is 0 Å². The minimum absolute atomic E-state index is 0.135. The van der Waals surface area contributed by atoms with Gasteiger partial charge in [-0.1, -0.05) is 18.2 Å². The first-order valence-corrected chi connectivity index (χ1v) is 8.10. The Kier molecular flexibility index (Phi) is 6.11. The molecular formula is C18H24N2O4. The molecule has 0 radical (unpaired) electrons. The molecule has 2 aromatic rings. The fourth-order valence-electron chi connectivity index (χ4n) is 2.72. The molecule has 1 amide bonds. The summed E-state index contributed by atoms with van der Waals surface area (Å²) in [6.07, 6.45) is -0.551. The molecule has 0 unspecified atom stereocenters. The van der Waals surface area contributed by atoms with Crippen molar-refractivity contribution in [1.82, 2.24) is 9.88 Å². The number of hydrogen-bond donors (Lipinski definition) is 1. The van der Waals surface area contributed by atoms with Crippen molar-refractivity contribution in [1.29, 1.82) is 0 Å². The molecule has 0 aliphatic heterocycles. The van der Waals surface area contributed by atoms with E-state index >= 15 is 0 Å². The second kappa shape index (κ2) is 8.08. The van der Waals surface area contributed by atoms with Gasteiger partial charge in [0.05, 0.1) is 12.1 Å². The van der Waals surface area contributed by atoms with Gasteiger partial charge in [0.1, 0.15) is 0 Å². The third kappa shape index (κ3) is 3.66. The Morgan fingerprint density at radius 1 is 1.17 bits per heavy atom. The number of fused-ring (bicyclic) bond motifs is 1. The van der Waals surface area contributed by atoms with Crippen LogP contribution in [0.15, 0.2) is 24.3 Å². The third-order valence-corrected chi connectivity index (χ3v) is 3.97. The van der Waals surface area contributed by atoms with Crippen molar-refractivity contribution in [2.24, 2.45) is 7.05 Å². The molecule has 6 heteroatoms. The Labute approximate surface area is 141 Å². The molecule has 130 valence electrons. The number of carbonyl (C=O) groups excluding carboxylic acids is 2. The third-order valence-electron chi connectivity index (χ3n) is 3.97. The van der Waals surface area contributed by atoms with E-state index < -0.39 is 18.0 Å². The largest absolute Gasteiger partial charge is 0.351 e. The highest BCUT2D eigenvalue weighted by atomic mass is 16.7. The van der Waals surface area contributed by atoms with E-state index in [0.717, 1.165) is 16.6 Å². The highest BCUT2D eigenvalue weighted by Crippen LogP contribution is 2.25. The predicted octanol–water partition coefficient (Wildman–Crippen LogP) is 2.18. The van der Waals surface area contributed by atoms with Gasteiger partial charge in [-0.3, -0.25) is 9.59 Å². The molecule has 1 aromatic carbocycles. The Bertz CT molecular complexity index is 730. The minimum atomic E-state index is -0.654. The van der Waals surface area contributed by atoms with Crippen molar-refractivity contribution in [3.05, 3.63) is 35.5 Å². The van der Waals surface area contributed by atoms with Crippen LogP contribution in [0.2, 0.25) is 0 Å². The summed E-state index contributed by atoms with van der Waals surface area (Å²) in [5, 5.41) is 3.39. The predicted molar refractivity (Wildman–Crippen MR) is 92.0 cm³/mol. The lowest BCUT2D eigenvalue weighted by Gasteiger charge is -2.17. The van der Waals surface area contributed by atoms with E-state index in [4.69, 9.17) is 9.47 Å². The lowest BCUT2D eigenvalue weighted by molar-refractivity contribution is -0.138. The van der Waals surface area contributed by atoms with Crippen LogP contribution in [0, 0.1) is 6.92 Å². The smallest absolute Gasteiger partial charge is 0.292 e. The molecule has 0 aliphatic rings. The number of nitrogens with zero attached hydrogens (tertiary/aromatic N) is 1. The van der Waals surface area contributed by atoms with Gasteiger partial charge in [-0.05, 0) is 26.8 Å². The molecule has 0 fully saturated rings. The van der Waals surface area contributed by atoms with Crippen LogP contribution in [0.25, 0.3) is 10.9 Å². The van der Waals surface area contributed by atoms with E-state index in [1.807, 2.05) is 56.7 Å². The summed E-state index contributed by atoms with van der Waals surface area (Å²) in [5.41, 5.74) is 2.13. The summed E-state index contributed by atoms with van der Waals surface area (Å²) >= 11 is 0. The van der Waals surface area contributed by atoms with Gasteiger partial charge in [-0.25, -0.2) is 0 Å². The molecule has 0 spiro atoms. The number of rotatable bonds is 8. The van der Waals surface area contributed by atoms with Crippen LogP contribution in [0.3, 0.4) is 0 Å². The van der Waals surface area contributed by atoms with Gasteiger partial charge in [0.15, 0.2) is 6.29 Å². The number of ether oxygens (including phenoxy) is 2. The number of carbonyl (C=O) groups is 2. The SMILES string of the molecule is CCOC(CNC(=O)C(=O)c1c(C)n(C)c2ccccc12)OCC. The van der Waals surface area contributed by atoms with Crippen molar-refractivity contribution in [3.8, 4) is 0 Å². The first kappa shape index (κ1) is 18.2. The van der Waals surface area contributed by atoms with Crippen LogP contribution in [0.5, 0.6) is 0 Å². The molecule has 24 heavy (non-hydrogen) atoms. The van der Waals surface area contributed by atoms with E-state index in [9.17, 15) is 9.59 Å². The first-order valence-electron chi connectivity index (χ1n) is 8.10.